The number of aryl methyl sites for hydroxylation is 2. The monoisotopic (exact) mass is 240 g/mol. The van der Waals surface area contributed by atoms with Gasteiger partial charge in [0.05, 0.1) is 5.69 Å². The Hall–Kier alpha value is -0.480. The van der Waals surface area contributed by atoms with Crippen molar-refractivity contribution in [3.63, 3.8) is 0 Å². The van der Waals surface area contributed by atoms with E-state index in [1.165, 1.54) is 30.6 Å². The summed E-state index contributed by atoms with van der Waals surface area (Å²) in [6.07, 6.45) is 4.15. The van der Waals surface area contributed by atoms with Gasteiger partial charge in [-0.15, -0.1) is 0 Å². The van der Waals surface area contributed by atoms with E-state index in [-0.39, 0.29) is 0 Å². The highest BCUT2D eigenvalue weighted by atomic mass is 32.2. The van der Waals surface area contributed by atoms with Crippen molar-refractivity contribution in [2.75, 3.05) is 12.3 Å². The standard InChI is InChI=1S/C12H20N2OS/c1-9-12(10(2)15-14-9)8-13-7-11-5-3-4-6-16-11/h11,13H,3-8H2,1-2H3. The van der Waals surface area contributed by atoms with Crippen molar-refractivity contribution < 1.29 is 4.52 Å². The highest BCUT2D eigenvalue weighted by Crippen LogP contribution is 2.24. The first-order valence-electron chi connectivity index (χ1n) is 6.01. The molecule has 1 atom stereocenters. The molecule has 0 bridgehead atoms. The molecule has 0 radical (unpaired) electrons. The van der Waals surface area contributed by atoms with E-state index in [9.17, 15) is 0 Å². The van der Waals surface area contributed by atoms with E-state index in [1.807, 2.05) is 13.8 Å². The van der Waals surface area contributed by atoms with Crippen LogP contribution in [0.2, 0.25) is 0 Å². The lowest BCUT2D eigenvalue weighted by Gasteiger charge is -2.21. The van der Waals surface area contributed by atoms with Crippen molar-refractivity contribution >= 4 is 11.8 Å². The van der Waals surface area contributed by atoms with Crippen molar-refractivity contribution in [3.05, 3.63) is 17.0 Å². The second-order valence-electron chi connectivity index (χ2n) is 4.42. The number of aromatic nitrogens is 1. The van der Waals surface area contributed by atoms with Gasteiger partial charge in [0.25, 0.3) is 0 Å². The summed E-state index contributed by atoms with van der Waals surface area (Å²) in [4.78, 5) is 0. The van der Waals surface area contributed by atoms with Crippen LogP contribution < -0.4 is 5.32 Å². The van der Waals surface area contributed by atoms with Crippen LogP contribution in [0.1, 0.15) is 36.3 Å². The Bertz CT molecular complexity index is 312. The highest BCUT2D eigenvalue weighted by molar-refractivity contribution is 7.99. The van der Waals surface area contributed by atoms with E-state index in [0.717, 1.165) is 29.8 Å². The Morgan fingerprint density at radius 3 is 2.94 bits per heavy atom. The lowest BCUT2D eigenvalue weighted by Crippen LogP contribution is -2.26. The first kappa shape index (κ1) is 12.0. The number of hydrogen-bond acceptors (Lipinski definition) is 4. The maximum atomic E-state index is 5.14. The fourth-order valence-corrected chi connectivity index (χ4v) is 3.35. The predicted molar refractivity (Wildman–Crippen MR) is 67.8 cm³/mol. The molecule has 0 aliphatic carbocycles. The van der Waals surface area contributed by atoms with Gasteiger partial charge in [-0.2, -0.15) is 11.8 Å². The number of hydrogen-bond donors (Lipinski definition) is 1. The first-order chi connectivity index (χ1) is 7.77. The third-order valence-corrected chi connectivity index (χ3v) is 4.53. The fourth-order valence-electron chi connectivity index (χ4n) is 2.08. The molecule has 1 aliphatic heterocycles. The van der Waals surface area contributed by atoms with Crippen LogP contribution in [0, 0.1) is 13.8 Å². The van der Waals surface area contributed by atoms with Gasteiger partial charge in [-0.1, -0.05) is 11.6 Å². The van der Waals surface area contributed by atoms with Crippen LogP contribution >= 0.6 is 11.8 Å². The molecule has 1 aromatic heterocycles. The normalized spacial score (nSPS) is 21.2. The average molecular weight is 240 g/mol. The summed E-state index contributed by atoms with van der Waals surface area (Å²) in [5, 5.41) is 8.28. The first-order valence-corrected chi connectivity index (χ1v) is 7.06. The largest absolute Gasteiger partial charge is 0.361 e. The Balaban J connectivity index is 1.75. The second-order valence-corrected chi connectivity index (χ2v) is 5.83. The van der Waals surface area contributed by atoms with Crippen LogP contribution in [0.3, 0.4) is 0 Å². The van der Waals surface area contributed by atoms with Crippen molar-refractivity contribution in [2.45, 2.75) is 44.9 Å². The van der Waals surface area contributed by atoms with E-state index < -0.39 is 0 Å². The molecule has 0 spiro atoms. The van der Waals surface area contributed by atoms with E-state index in [2.05, 4.69) is 22.2 Å². The van der Waals surface area contributed by atoms with Gasteiger partial charge >= 0.3 is 0 Å². The summed E-state index contributed by atoms with van der Waals surface area (Å²) in [6.45, 7) is 5.97. The molecule has 16 heavy (non-hydrogen) atoms. The van der Waals surface area contributed by atoms with Crippen molar-refractivity contribution in [1.29, 1.82) is 0 Å². The molecule has 2 heterocycles. The molecule has 90 valence electrons. The molecule has 0 aromatic carbocycles. The minimum absolute atomic E-state index is 0.800. The van der Waals surface area contributed by atoms with Crippen molar-refractivity contribution in [1.82, 2.24) is 10.5 Å². The van der Waals surface area contributed by atoms with E-state index >= 15 is 0 Å². The van der Waals surface area contributed by atoms with Crippen LogP contribution in [0.4, 0.5) is 0 Å². The minimum atomic E-state index is 0.800. The van der Waals surface area contributed by atoms with Gasteiger partial charge in [0.2, 0.25) is 0 Å². The summed E-state index contributed by atoms with van der Waals surface area (Å²) in [6, 6.07) is 0. The number of thioether (sulfide) groups is 1. The average Bonchev–Trinajstić information content (AvgIpc) is 2.62. The van der Waals surface area contributed by atoms with Gasteiger partial charge in [-0.05, 0) is 32.4 Å². The van der Waals surface area contributed by atoms with Gasteiger partial charge in [0, 0.05) is 23.9 Å². The number of rotatable bonds is 4. The van der Waals surface area contributed by atoms with Gasteiger partial charge in [-0.3, -0.25) is 0 Å². The SMILES string of the molecule is Cc1noc(C)c1CNCC1CCCCS1. The molecular weight excluding hydrogens is 220 g/mol. The topological polar surface area (TPSA) is 38.1 Å². The molecule has 1 N–H and O–H groups in total. The van der Waals surface area contributed by atoms with Crippen LogP contribution in [-0.4, -0.2) is 22.7 Å². The third kappa shape index (κ3) is 3.01. The van der Waals surface area contributed by atoms with Gasteiger partial charge in [0.15, 0.2) is 0 Å². The van der Waals surface area contributed by atoms with Gasteiger partial charge in [-0.25, -0.2) is 0 Å². The molecule has 4 heteroatoms. The summed E-state index contributed by atoms with van der Waals surface area (Å²) >= 11 is 2.11. The van der Waals surface area contributed by atoms with Crippen LogP contribution in [0.15, 0.2) is 4.52 Å². The molecular formula is C12H20N2OS. The smallest absolute Gasteiger partial charge is 0.138 e. The Labute approximate surface area is 101 Å². The molecule has 1 aromatic rings. The zero-order chi connectivity index (χ0) is 11.4. The molecule has 0 saturated carbocycles. The van der Waals surface area contributed by atoms with E-state index in [1.54, 1.807) is 0 Å². The number of nitrogens with zero attached hydrogens (tertiary/aromatic N) is 1. The summed E-state index contributed by atoms with van der Waals surface area (Å²) in [7, 11) is 0. The molecule has 1 fully saturated rings. The number of nitrogens with one attached hydrogen (secondary N) is 1. The van der Waals surface area contributed by atoms with Crippen LogP contribution in [-0.2, 0) is 6.54 Å². The zero-order valence-corrected chi connectivity index (χ0v) is 10.9. The van der Waals surface area contributed by atoms with Crippen LogP contribution in [0.5, 0.6) is 0 Å². The molecule has 3 nitrogen and oxygen atoms in total. The second kappa shape index (κ2) is 5.73. The molecule has 2 rings (SSSR count). The summed E-state index contributed by atoms with van der Waals surface area (Å²) in [5.41, 5.74) is 2.24. The molecule has 0 amide bonds. The van der Waals surface area contributed by atoms with E-state index in [4.69, 9.17) is 4.52 Å². The zero-order valence-electron chi connectivity index (χ0n) is 10.1. The summed E-state index contributed by atoms with van der Waals surface area (Å²) < 4.78 is 5.14. The maximum absolute atomic E-state index is 5.14. The Morgan fingerprint density at radius 2 is 2.31 bits per heavy atom. The van der Waals surface area contributed by atoms with Gasteiger partial charge in [0.1, 0.15) is 5.76 Å². The van der Waals surface area contributed by atoms with E-state index in [0.29, 0.717) is 0 Å². The summed E-state index contributed by atoms with van der Waals surface area (Å²) in [5.74, 6) is 2.28. The minimum Gasteiger partial charge on any atom is -0.361 e. The Kier molecular flexibility index (Phi) is 4.29. The van der Waals surface area contributed by atoms with Crippen LogP contribution in [0.25, 0.3) is 0 Å². The van der Waals surface area contributed by atoms with Crippen molar-refractivity contribution in [3.8, 4) is 0 Å². The fraction of sp³-hybridized carbons (Fsp3) is 0.750. The van der Waals surface area contributed by atoms with Crippen molar-refractivity contribution in [2.24, 2.45) is 0 Å². The third-order valence-electron chi connectivity index (χ3n) is 3.13. The molecule has 1 unspecified atom stereocenters. The Morgan fingerprint density at radius 1 is 1.44 bits per heavy atom. The predicted octanol–water partition coefficient (Wildman–Crippen LogP) is 2.67. The lowest BCUT2D eigenvalue weighted by molar-refractivity contribution is 0.392. The quantitative estimate of drug-likeness (QED) is 0.878. The lowest BCUT2D eigenvalue weighted by atomic mass is 10.1. The van der Waals surface area contributed by atoms with Gasteiger partial charge < -0.3 is 9.84 Å². The molecule has 1 aliphatic rings. The molecule has 1 saturated heterocycles. The highest BCUT2D eigenvalue weighted by Gasteiger charge is 2.14. The maximum Gasteiger partial charge on any atom is 0.138 e.